The highest BCUT2D eigenvalue weighted by Crippen LogP contribution is 2.30. The van der Waals surface area contributed by atoms with Gasteiger partial charge in [0.15, 0.2) is 0 Å². The third-order valence-electron chi connectivity index (χ3n) is 12.6. The number of nitrogens with one attached hydrogen (secondary N) is 2. The normalized spacial score (nSPS) is 11.8. The van der Waals surface area contributed by atoms with E-state index < -0.39 is 24.3 Å². The van der Waals surface area contributed by atoms with Gasteiger partial charge in [-0.2, -0.15) is 0 Å². The molecular formula is C62H86N8O10. The molecular weight excluding hydrogens is 1020 g/mol. The minimum Gasteiger partial charge on any atom is -0.382 e. The Bertz CT molecular complexity index is 2420. The molecule has 0 radical (unpaired) electrons. The third-order valence-corrected chi connectivity index (χ3v) is 12.6. The number of urea groups is 4. The predicted octanol–water partition coefficient (Wildman–Crippen LogP) is 12.4. The van der Waals surface area contributed by atoms with Crippen LogP contribution in [-0.2, 0) is 28.4 Å². The number of para-hydroxylation sites is 2. The van der Waals surface area contributed by atoms with Crippen LogP contribution in [0.1, 0.15) is 67.2 Å². The van der Waals surface area contributed by atoms with Crippen LogP contribution in [0, 0.1) is 0 Å². The van der Waals surface area contributed by atoms with E-state index in [4.69, 9.17) is 28.4 Å². The van der Waals surface area contributed by atoms with E-state index in [1.807, 2.05) is 126 Å². The Balaban J connectivity index is 1.48. The minimum atomic E-state index is -0.467. The van der Waals surface area contributed by atoms with Crippen LogP contribution in [0.25, 0.3) is 0 Å². The maximum absolute atomic E-state index is 14.9. The van der Waals surface area contributed by atoms with Crippen LogP contribution >= 0.6 is 0 Å². The summed E-state index contributed by atoms with van der Waals surface area (Å²) < 4.78 is 33.9. The van der Waals surface area contributed by atoms with Gasteiger partial charge >= 0.3 is 24.1 Å². The van der Waals surface area contributed by atoms with Gasteiger partial charge in [0.2, 0.25) is 0 Å². The Hall–Kier alpha value is -7.06. The molecule has 0 aliphatic carbocycles. The molecule has 0 unspecified atom stereocenters. The average molecular weight is 1100 g/mol. The van der Waals surface area contributed by atoms with Crippen LogP contribution in [0.15, 0.2) is 133 Å². The fourth-order valence-electron chi connectivity index (χ4n) is 8.79. The van der Waals surface area contributed by atoms with Crippen molar-refractivity contribution >= 4 is 69.6 Å². The van der Waals surface area contributed by atoms with Gasteiger partial charge in [-0.3, -0.25) is 29.4 Å². The van der Waals surface area contributed by atoms with Crippen LogP contribution in [0.4, 0.5) is 64.7 Å². The highest BCUT2D eigenvalue weighted by Gasteiger charge is 2.28. The van der Waals surface area contributed by atoms with Gasteiger partial charge < -0.3 is 39.1 Å². The minimum absolute atomic E-state index is 0.116. The molecule has 0 spiro atoms. The summed E-state index contributed by atoms with van der Waals surface area (Å²) in [6.45, 7) is 17.1. The van der Waals surface area contributed by atoms with Crippen molar-refractivity contribution < 1.29 is 47.6 Å². The van der Waals surface area contributed by atoms with E-state index in [1.54, 1.807) is 92.1 Å². The van der Waals surface area contributed by atoms with Crippen molar-refractivity contribution in [3.63, 3.8) is 0 Å². The van der Waals surface area contributed by atoms with Gasteiger partial charge in [-0.05, 0) is 118 Å². The molecule has 0 aromatic heterocycles. The maximum Gasteiger partial charge on any atom is 0.328 e. The van der Waals surface area contributed by atoms with Crippen molar-refractivity contribution in [2.75, 3.05) is 146 Å². The molecule has 0 aliphatic heterocycles. The van der Waals surface area contributed by atoms with Crippen molar-refractivity contribution in [3.05, 3.63) is 133 Å². The second-order valence-electron chi connectivity index (χ2n) is 19.1. The first-order chi connectivity index (χ1) is 39.0. The summed E-state index contributed by atoms with van der Waals surface area (Å²) in [5, 5.41) is 6.22. The number of hydrogen-bond donors (Lipinski definition) is 2. The van der Waals surface area contributed by atoms with Crippen LogP contribution < -0.4 is 40.0 Å². The lowest BCUT2D eigenvalue weighted by Crippen LogP contribution is -2.44. The van der Waals surface area contributed by atoms with Crippen LogP contribution in [0.2, 0.25) is 0 Å². The second-order valence-corrected chi connectivity index (χ2v) is 19.1. The standard InChI is InChI=1S/C62H86N8O10/c1-9-32-65(53-24-15-13-16-25-53)61(73)67(34-11-3)55-28-19-22-51(44-55)63-59(71)69(47-49(5)79-42-40-77-38-36-75-7)57-30-21-31-58(46-57)70(48-50(6)80-43-41-78-39-37-76-8)60(72)64-52-23-20-29-56(45-52)68(35-12-4)62(74)66(33-10-2)54-26-17-14-18-27-54/h13-31,44-46,49-50H,9-12,32-43,47-48H2,1-8H3,(H,63,71)(H,64,72)/t49-,50-/m1/s1. The Morgan fingerprint density at radius 1 is 0.388 bits per heavy atom. The Morgan fingerprint density at radius 2 is 0.700 bits per heavy atom. The van der Waals surface area contributed by atoms with Crippen molar-refractivity contribution in [2.45, 2.75) is 79.4 Å². The first kappa shape index (κ1) is 63.8. The molecule has 0 saturated heterocycles. The molecule has 2 atom stereocenters. The molecule has 2 N–H and O–H groups in total. The lowest BCUT2D eigenvalue weighted by Gasteiger charge is -2.31. The van der Waals surface area contributed by atoms with E-state index >= 15 is 0 Å². The molecule has 0 heterocycles. The quantitative estimate of drug-likeness (QED) is 0.0378. The zero-order valence-electron chi connectivity index (χ0n) is 48.4. The maximum atomic E-state index is 14.9. The summed E-state index contributed by atoms with van der Waals surface area (Å²) in [5.74, 6) is 0. The number of amides is 8. The molecule has 5 aromatic rings. The van der Waals surface area contributed by atoms with Gasteiger partial charge in [0.05, 0.1) is 78.2 Å². The summed E-state index contributed by atoms with van der Waals surface area (Å²) in [4.78, 5) is 68.7. The first-order valence-corrected chi connectivity index (χ1v) is 28.1. The molecule has 434 valence electrons. The fourth-order valence-corrected chi connectivity index (χ4v) is 8.79. The SMILES string of the molecule is CCCN(C(=O)N(CCC)c1cccc(NC(=O)N(C[C@@H](C)OCCOCCOC)c2cccc(N(C[C@@H](C)OCCOCCOC)C(=O)Nc3cccc(N(CCC)C(=O)N(CCC)c4ccccc4)c3)c2)c1)c1ccccc1. The van der Waals surface area contributed by atoms with Crippen molar-refractivity contribution in [1.29, 1.82) is 0 Å². The van der Waals surface area contributed by atoms with E-state index in [-0.39, 0.29) is 38.4 Å². The first-order valence-electron chi connectivity index (χ1n) is 28.1. The molecule has 0 bridgehead atoms. The molecule has 5 aromatic carbocycles. The van der Waals surface area contributed by atoms with Gasteiger partial charge in [0.25, 0.3) is 0 Å². The number of rotatable bonds is 34. The molecule has 5 rings (SSSR count). The Labute approximate surface area is 474 Å². The zero-order valence-corrected chi connectivity index (χ0v) is 48.4. The van der Waals surface area contributed by atoms with E-state index in [1.165, 1.54) is 0 Å². The lowest BCUT2D eigenvalue weighted by atomic mass is 10.2. The summed E-state index contributed by atoms with van der Waals surface area (Å²) in [5.41, 5.74) is 4.77. The molecule has 18 nitrogen and oxygen atoms in total. The lowest BCUT2D eigenvalue weighted by molar-refractivity contribution is 0.00235. The number of nitrogens with zero attached hydrogens (tertiary/aromatic N) is 6. The van der Waals surface area contributed by atoms with Gasteiger partial charge in [0.1, 0.15) is 0 Å². The molecule has 0 fully saturated rings. The molecule has 0 saturated carbocycles. The number of methoxy groups -OCH3 is 2. The molecule has 18 heteroatoms. The number of carbonyl (C=O) groups is 4. The monoisotopic (exact) mass is 1100 g/mol. The van der Waals surface area contributed by atoms with E-state index in [0.29, 0.717) is 113 Å². The number of ether oxygens (including phenoxy) is 6. The van der Waals surface area contributed by atoms with Crippen LogP contribution in [0.3, 0.4) is 0 Å². The van der Waals surface area contributed by atoms with Crippen molar-refractivity contribution in [2.24, 2.45) is 0 Å². The van der Waals surface area contributed by atoms with Crippen molar-refractivity contribution in [1.82, 2.24) is 0 Å². The smallest absolute Gasteiger partial charge is 0.328 e. The number of hydrogen-bond acceptors (Lipinski definition) is 10. The van der Waals surface area contributed by atoms with Gasteiger partial charge in [-0.1, -0.05) is 82.3 Å². The summed E-state index contributed by atoms with van der Waals surface area (Å²) >= 11 is 0. The topological polar surface area (TPSA) is 167 Å². The second kappa shape index (κ2) is 35.5. The van der Waals surface area contributed by atoms with Crippen LogP contribution in [-0.4, -0.2) is 143 Å². The highest BCUT2D eigenvalue weighted by molar-refractivity contribution is 6.07. The number of anilines is 8. The number of benzene rings is 5. The predicted molar refractivity (Wildman–Crippen MR) is 322 cm³/mol. The molecule has 80 heavy (non-hydrogen) atoms. The number of carbonyl (C=O) groups excluding carboxylic acids is 4. The summed E-state index contributed by atoms with van der Waals surface area (Å²) in [6.07, 6.45) is 2.01. The summed E-state index contributed by atoms with van der Waals surface area (Å²) in [7, 11) is 3.23. The van der Waals surface area contributed by atoms with E-state index in [0.717, 1.165) is 24.2 Å². The van der Waals surface area contributed by atoms with E-state index in [2.05, 4.69) is 10.6 Å². The van der Waals surface area contributed by atoms with E-state index in [9.17, 15) is 19.2 Å². The zero-order chi connectivity index (χ0) is 57.5. The average Bonchev–Trinajstić information content (AvgIpc) is 3.50. The third kappa shape index (κ3) is 20.2. The molecule has 8 amide bonds. The largest absolute Gasteiger partial charge is 0.382 e. The fraction of sp³-hybridized carbons (Fsp3) is 0.452. The Morgan fingerprint density at radius 3 is 1.05 bits per heavy atom. The van der Waals surface area contributed by atoms with Gasteiger partial charge in [0, 0.05) is 85.9 Å². The van der Waals surface area contributed by atoms with Gasteiger partial charge in [-0.15, -0.1) is 0 Å². The van der Waals surface area contributed by atoms with Crippen LogP contribution in [0.5, 0.6) is 0 Å². The Kier molecular flexibility index (Phi) is 28.3. The molecule has 0 aliphatic rings. The highest BCUT2D eigenvalue weighted by atomic mass is 16.5. The summed E-state index contributed by atoms with van der Waals surface area (Å²) in [6, 6.07) is 39.7. The van der Waals surface area contributed by atoms with Crippen molar-refractivity contribution in [3.8, 4) is 0 Å². The van der Waals surface area contributed by atoms with Gasteiger partial charge in [-0.25, -0.2) is 19.2 Å².